The van der Waals surface area contributed by atoms with Crippen molar-refractivity contribution in [2.75, 3.05) is 18.5 Å². The molecule has 0 fully saturated rings. The van der Waals surface area contributed by atoms with Crippen molar-refractivity contribution >= 4 is 17.6 Å². The first kappa shape index (κ1) is 18.5. The molecular weight excluding hydrogens is 380 g/mol. The molecular formula is C19H18N4O6. The molecule has 0 spiro atoms. The Bertz CT molecular complexity index is 1080. The number of anilines is 1. The third kappa shape index (κ3) is 3.40. The molecule has 150 valence electrons. The van der Waals surface area contributed by atoms with E-state index in [1.54, 1.807) is 18.2 Å². The summed E-state index contributed by atoms with van der Waals surface area (Å²) in [5.41, 5.74) is -0.236. The average Bonchev–Trinajstić information content (AvgIpc) is 3.37. The lowest BCUT2D eigenvalue weighted by Crippen LogP contribution is -2.35. The molecule has 1 aromatic carbocycles. The van der Waals surface area contributed by atoms with Crippen LogP contribution >= 0.6 is 0 Å². The molecule has 0 saturated heterocycles. The van der Waals surface area contributed by atoms with Crippen LogP contribution in [-0.4, -0.2) is 45.0 Å². The highest BCUT2D eigenvalue weighted by Crippen LogP contribution is 2.35. The zero-order valence-electron chi connectivity index (χ0n) is 15.7. The number of carbonyl (C=O) groups excluding carboxylic acids is 1. The van der Waals surface area contributed by atoms with Gasteiger partial charge in [0.2, 0.25) is 0 Å². The van der Waals surface area contributed by atoms with Gasteiger partial charge in [0, 0.05) is 11.8 Å². The molecule has 0 radical (unpaired) electrons. The number of carboxylic acid groups (broad SMARTS) is 1. The minimum Gasteiger partial charge on any atom is -0.486 e. The maximum atomic E-state index is 12.7. The molecule has 0 atom stereocenters. The summed E-state index contributed by atoms with van der Waals surface area (Å²) >= 11 is 0. The van der Waals surface area contributed by atoms with E-state index in [-0.39, 0.29) is 11.5 Å². The minimum atomic E-state index is -1.26. The largest absolute Gasteiger partial charge is 0.486 e. The molecule has 4 rings (SSSR count). The van der Waals surface area contributed by atoms with Gasteiger partial charge in [0.25, 0.3) is 5.91 Å². The number of nitrogens with zero attached hydrogens (tertiary/aromatic N) is 3. The Balaban J connectivity index is 1.57. The number of hydrogen-bond donors (Lipinski definition) is 2. The minimum absolute atomic E-state index is 0.0759. The number of aromatic nitrogens is 3. The second-order valence-electron chi connectivity index (χ2n) is 6.88. The van der Waals surface area contributed by atoms with Crippen LogP contribution < -0.4 is 14.8 Å². The van der Waals surface area contributed by atoms with Gasteiger partial charge in [-0.05, 0) is 32.0 Å². The van der Waals surface area contributed by atoms with E-state index in [2.05, 4.69) is 15.4 Å². The third-order valence-corrected chi connectivity index (χ3v) is 4.52. The van der Waals surface area contributed by atoms with Crippen molar-refractivity contribution in [2.24, 2.45) is 0 Å². The van der Waals surface area contributed by atoms with Crippen molar-refractivity contribution in [1.29, 1.82) is 0 Å². The molecule has 0 aliphatic carbocycles. The lowest BCUT2D eigenvalue weighted by atomic mass is 10.1. The fourth-order valence-corrected chi connectivity index (χ4v) is 2.78. The van der Waals surface area contributed by atoms with E-state index >= 15 is 0 Å². The van der Waals surface area contributed by atoms with Crippen LogP contribution in [0.25, 0.3) is 11.3 Å². The first-order valence-corrected chi connectivity index (χ1v) is 8.79. The Morgan fingerprint density at radius 1 is 1.21 bits per heavy atom. The topological polar surface area (TPSA) is 129 Å². The number of hydrogen-bond acceptors (Lipinski definition) is 7. The summed E-state index contributed by atoms with van der Waals surface area (Å²) < 4.78 is 17.7. The van der Waals surface area contributed by atoms with E-state index in [0.717, 1.165) is 0 Å². The molecule has 3 heterocycles. The maximum Gasteiger partial charge on any atom is 0.331 e. The van der Waals surface area contributed by atoms with Gasteiger partial charge in [-0.2, -0.15) is 5.10 Å². The van der Waals surface area contributed by atoms with Crippen molar-refractivity contribution in [3.05, 3.63) is 42.7 Å². The lowest BCUT2D eigenvalue weighted by molar-refractivity contribution is -0.146. The first-order valence-electron chi connectivity index (χ1n) is 8.79. The molecule has 1 amide bonds. The normalized spacial score (nSPS) is 13.2. The number of carbonyl (C=O) groups is 2. The fourth-order valence-electron chi connectivity index (χ4n) is 2.78. The summed E-state index contributed by atoms with van der Waals surface area (Å²) in [6, 6.07) is 5.21. The number of oxazole rings is 1. The van der Waals surface area contributed by atoms with E-state index in [0.29, 0.717) is 36.0 Å². The summed E-state index contributed by atoms with van der Waals surface area (Å²) in [5.74, 6) is -0.0995. The Kier molecular flexibility index (Phi) is 4.45. The van der Waals surface area contributed by atoms with Crippen molar-refractivity contribution in [2.45, 2.75) is 19.4 Å². The number of nitrogens with one attached hydrogen (secondary N) is 1. The Labute approximate surface area is 165 Å². The SMILES string of the molecule is CC(C)(C(=O)O)n1cc(NC(=O)c2ncoc2-c2ccc3c(c2)OCCO3)cn1. The van der Waals surface area contributed by atoms with Crippen LogP contribution in [0.5, 0.6) is 11.5 Å². The number of benzene rings is 1. The smallest absolute Gasteiger partial charge is 0.331 e. The van der Waals surface area contributed by atoms with Crippen LogP contribution in [0, 0.1) is 0 Å². The maximum absolute atomic E-state index is 12.7. The fraction of sp³-hybridized carbons (Fsp3) is 0.263. The zero-order valence-corrected chi connectivity index (χ0v) is 15.7. The van der Waals surface area contributed by atoms with Crippen LogP contribution in [0.15, 0.2) is 41.4 Å². The first-order chi connectivity index (χ1) is 13.9. The number of ether oxygens (including phenoxy) is 2. The van der Waals surface area contributed by atoms with Crippen LogP contribution in [0.4, 0.5) is 5.69 Å². The molecule has 2 N–H and O–H groups in total. The molecule has 2 aromatic heterocycles. The van der Waals surface area contributed by atoms with Crippen LogP contribution in [-0.2, 0) is 10.3 Å². The van der Waals surface area contributed by atoms with Crippen molar-refractivity contribution in [1.82, 2.24) is 14.8 Å². The second kappa shape index (κ2) is 6.97. The third-order valence-electron chi connectivity index (χ3n) is 4.52. The number of fused-ring (bicyclic) bond motifs is 1. The molecule has 0 saturated carbocycles. The standard InChI is InChI=1S/C19H18N4O6/c1-19(2,18(25)26)23-9-12(8-21-23)22-17(24)15-16(29-10-20-15)11-3-4-13-14(7-11)28-6-5-27-13/h3-4,7-10H,5-6H2,1-2H3,(H,22,24)(H,25,26). The number of rotatable bonds is 5. The van der Waals surface area contributed by atoms with Gasteiger partial charge in [-0.1, -0.05) is 0 Å². The molecule has 10 nitrogen and oxygen atoms in total. The van der Waals surface area contributed by atoms with Crippen LogP contribution in [0.3, 0.4) is 0 Å². The van der Waals surface area contributed by atoms with Gasteiger partial charge in [0.15, 0.2) is 34.9 Å². The predicted octanol–water partition coefficient (Wildman–Crippen LogP) is 2.38. The summed E-state index contributed by atoms with van der Waals surface area (Å²) in [6.07, 6.45) is 3.99. The number of aliphatic carboxylic acids is 1. The summed E-state index contributed by atoms with van der Waals surface area (Å²) in [6.45, 7) is 3.93. The highest BCUT2D eigenvalue weighted by Gasteiger charge is 2.30. The number of amides is 1. The van der Waals surface area contributed by atoms with E-state index in [9.17, 15) is 14.7 Å². The van der Waals surface area contributed by atoms with E-state index < -0.39 is 17.4 Å². The van der Waals surface area contributed by atoms with Gasteiger partial charge in [-0.25, -0.2) is 9.78 Å². The zero-order chi connectivity index (χ0) is 20.6. The van der Waals surface area contributed by atoms with Crippen molar-refractivity contribution in [3.63, 3.8) is 0 Å². The molecule has 3 aromatic rings. The van der Waals surface area contributed by atoms with Crippen LogP contribution in [0.2, 0.25) is 0 Å². The summed E-state index contributed by atoms with van der Waals surface area (Å²) in [4.78, 5) is 28.1. The second-order valence-corrected chi connectivity index (χ2v) is 6.88. The molecule has 10 heteroatoms. The highest BCUT2D eigenvalue weighted by molar-refractivity contribution is 6.06. The Morgan fingerprint density at radius 3 is 2.72 bits per heavy atom. The van der Waals surface area contributed by atoms with Crippen molar-refractivity contribution in [3.8, 4) is 22.8 Å². The molecule has 1 aliphatic rings. The predicted molar refractivity (Wildman–Crippen MR) is 100 cm³/mol. The highest BCUT2D eigenvalue weighted by atomic mass is 16.6. The Morgan fingerprint density at radius 2 is 1.97 bits per heavy atom. The molecule has 0 bridgehead atoms. The van der Waals surface area contributed by atoms with Gasteiger partial charge in [0.05, 0.1) is 11.9 Å². The summed E-state index contributed by atoms with van der Waals surface area (Å²) in [7, 11) is 0. The van der Waals surface area contributed by atoms with Gasteiger partial charge in [-0.3, -0.25) is 9.48 Å². The van der Waals surface area contributed by atoms with Gasteiger partial charge in [0.1, 0.15) is 13.2 Å². The van der Waals surface area contributed by atoms with Gasteiger partial charge < -0.3 is 24.3 Å². The molecule has 0 unspecified atom stereocenters. The van der Waals surface area contributed by atoms with Crippen LogP contribution in [0.1, 0.15) is 24.3 Å². The van der Waals surface area contributed by atoms with E-state index in [1.807, 2.05) is 0 Å². The molecule has 1 aliphatic heterocycles. The lowest BCUT2D eigenvalue weighted by Gasteiger charge is -2.19. The Hall–Kier alpha value is -3.82. The number of carboxylic acids is 1. The van der Waals surface area contributed by atoms with Gasteiger partial charge in [-0.15, -0.1) is 0 Å². The monoisotopic (exact) mass is 398 g/mol. The summed E-state index contributed by atoms with van der Waals surface area (Å²) in [5, 5.41) is 16.0. The molecule has 29 heavy (non-hydrogen) atoms. The van der Waals surface area contributed by atoms with E-state index in [1.165, 1.54) is 37.3 Å². The van der Waals surface area contributed by atoms with E-state index in [4.69, 9.17) is 13.9 Å². The van der Waals surface area contributed by atoms with Crippen molar-refractivity contribution < 1.29 is 28.6 Å². The van der Waals surface area contributed by atoms with Gasteiger partial charge >= 0.3 is 5.97 Å². The average molecular weight is 398 g/mol. The quantitative estimate of drug-likeness (QED) is 0.670.